The van der Waals surface area contributed by atoms with Crippen molar-refractivity contribution in [2.24, 2.45) is 5.92 Å². The van der Waals surface area contributed by atoms with Crippen molar-refractivity contribution in [1.29, 1.82) is 0 Å². The van der Waals surface area contributed by atoms with Crippen molar-refractivity contribution in [1.82, 2.24) is 0 Å². The van der Waals surface area contributed by atoms with Crippen molar-refractivity contribution < 1.29 is 18.4 Å². The van der Waals surface area contributed by atoms with E-state index in [2.05, 4.69) is 10.2 Å². The van der Waals surface area contributed by atoms with Crippen LogP contribution in [-0.2, 0) is 9.59 Å². The molecule has 0 saturated carbocycles. The Kier molecular flexibility index (Phi) is 4.98. The highest BCUT2D eigenvalue weighted by molar-refractivity contribution is 6.03. The van der Waals surface area contributed by atoms with Crippen molar-refractivity contribution in [2.75, 3.05) is 34.8 Å². The van der Waals surface area contributed by atoms with E-state index in [4.69, 9.17) is 0 Å². The van der Waals surface area contributed by atoms with Gasteiger partial charge in [-0.05, 0) is 49.2 Å². The monoisotopic (exact) mass is 385 g/mol. The summed E-state index contributed by atoms with van der Waals surface area (Å²) in [5.41, 5.74) is 1.65. The second kappa shape index (κ2) is 7.58. The lowest BCUT2D eigenvalue weighted by molar-refractivity contribution is -0.122. The fourth-order valence-electron chi connectivity index (χ4n) is 3.78. The molecule has 0 aromatic heterocycles. The number of amides is 2. The number of benzene rings is 2. The molecule has 1 atom stereocenters. The first kappa shape index (κ1) is 18.4. The molecule has 2 heterocycles. The summed E-state index contributed by atoms with van der Waals surface area (Å²) in [5, 5.41) is 2.39. The Morgan fingerprint density at radius 3 is 2.39 bits per heavy atom. The third-order valence-corrected chi connectivity index (χ3v) is 5.31. The van der Waals surface area contributed by atoms with Gasteiger partial charge in [0.25, 0.3) is 0 Å². The molecule has 7 heteroatoms. The standard InChI is InChI=1S/C21H21F2N3O2/c22-15-3-8-18(23)19(12-15)24-21(28)14-11-20(27)26(13-14)17-6-4-16(5-7-17)25-9-1-2-10-25/h3-8,12,14H,1-2,9-11,13H2,(H,24,28). The van der Waals surface area contributed by atoms with Crippen LogP contribution in [0.25, 0.3) is 0 Å². The van der Waals surface area contributed by atoms with E-state index < -0.39 is 23.5 Å². The molecule has 28 heavy (non-hydrogen) atoms. The van der Waals surface area contributed by atoms with E-state index in [-0.39, 0.29) is 24.6 Å². The zero-order valence-electron chi connectivity index (χ0n) is 15.3. The summed E-state index contributed by atoms with van der Waals surface area (Å²) in [6.45, 7) is 2.30. The Morgan fingerprint density at radius 2 is 1.68 bits per heavy atom. The van der Waals surface area contributed by atoms with Crippen molar-refractivity contribution in [3.05, 3.63) is 54.1 Å². The molecule has 2 saturated heterocycles. The molecule has 2 aliphatic rings. The van der Waals surface area contributed by atoms with Crippen LogP contribution in [-0.4, -0.2) is 31.4 Å². The normalized spacial score (nSPS) is 19.4. The number of anilines is 3. The minimum Gasteiger partial charge on any atom is -0.372 e. The Bertz CT molecular complexity index is 895. The van der Waals surface area contributed by atoms with E-state index in [1.54, 1.807) is 4.90 Å². The van der Waals surface area contributed by atoms with Gasteiger partial charge in [0.2, 0.25) is 11.8 Å². The Hall–Kier alpha value is -2.96. The van der Waals surface area contributed by atoms with Crippen LogP contribution in [0.1, 0.15) is 19.3 Å². The van der Waals surface area contributed by atoms with Crippen LogP contribution in [0.15, 0.2) is 42.5 Å². The summed E-state index contributed by atoms with van der Waals surface area (Å²) < 4.78 is 27.0. The third-order valence-electron chi connectivity index (χ3n) is 5.31. The molecule has 0 aliphatic carbocycles. The molecular formula is C21H21F2N3O2. The van der Waals surface area contributed by atoms with Crippen LogP contribution in [0.3, 0.4) is 0 Å². The first-order chi connectivity index (χ1) is 13.5. The van der Waals surface area contributed by atoms with Gasteiger partial charge in [0.05, 0.1) is 11.6 Å². The molecular weight excluding hydrogens is 364 g/mol. The summed E-state index contributed by atoms with van der Waals surface area (Å²) in [4.78, 5) is 28.7. The van der Waals surface area contributed by atoms with Crippen LogP contribution >= 0.6 is 0 Å². The SMILES string of the molecule is O=C(Nc1cc(F)ccc1F)C1CC(=O)N(c2ccc(N3CCCC3)cc2)C1. The van der Waals surface area contributed by atoms with E-state index >= 15 is 0 Å². The highest BCUT2D eigenvalue weighted by Gasteiger charge is 2.35. The van der Waals surface area contributed by atoms with Crippen molar-refractivity contribution in [3.8, 4) is 0 Å². The number of rotatable bonds is 4. The molecule has 4 rings (SSSR count). The Morgan fingerprint density at radius 1 is 1.00 bits per heavy atom. The summed E-state index contributed by atoms with van der Waals surface area (Å²) in [7, 11) is 0. The molecule has 1 unspecified atom stereocenters. The van der Waals surface area contributed by atoms with Gasteiger partial charge in [-0.15, -0.1) is 0 Å². The van der Waals surface area contributed by atoms with Crippen LogP contribution in [0.2, 0.25) is 0 Å². The first-order valence-electron chi connectivity index (χ1n) is 9.42. The minimum absolute atomic E-state index is 0.0383. The zero-order valence-corrected chi connectivity index (χ0v) is 15.3. The molecule has 0 radical (unpaired) electrons. The number of hydrogen-bond acceptors (Lipinski definition) is 3. The predicted molar refractivity (Wildman–Crippen MR) is 103 cm³/mol. The van der Waals surface area contributed by atoms with Gasteiger partial charge in [0, 0.05) is 43.5 Å². The summed E-state index contributed by atoms with van der Waals surface area (Å²) in [5.74, 6) is -2.62. The predicted octanol–water partition coefficient (Wildman–Crippen LogP) is 3.56. The van der Waals surface area contributed by atoms with E-state index in [1.165, 1.54) is 12.8 Å². The zero-order chi connectivity index (χ0) is 19.7. The first-order valence-corrected chi connectivity index (χ1v) is 9.42. The molecule has 2 aliphatic heterocycles. The number of nitrogens with zero attached hydrogens (tertiary/aromatic N) is 2. The maximum atomic E-state index is 13.7. The number of hydrogen-bond donors (Lipinski definition) is 1. The summed E-state index contributed by atoms with van der Waals surface area (Å²) in [6, 6.07) is 10.6. The van der Waals surface area contributed by atoms with E-state index in [1.807, 2.05) is 24.3 Å². The van der Waals surface area contributed by atoms with Crippen LogP contribution < -0.4 is 15.1 Å². The molecule has 5 nitrogen and oxygen atoms in total. The second-order valence-electron chi connectivity index (χ2n) is 7.23. The topological polar surface area (TPSA) is 52.7 Å². The van der Waals surface area contributed by atoms with Gasteiger partial charge in [-0.3, -0.25) is 9.59 Å². The fourth-order valence-corrected chi connectivity index (χ4v) is 3.78. The fraction of sp³-hybridized carbons (Fsp3) is 0.333. The lowest BCUT2D eigenvalue weighted by Crippen LogP contribution is -2.28. The minimum atomic E-state index is -0.714. The Balaban J connectivity index is 1.43. The van der Waals surface area contributed by atoms with Crippen molar-refractivity contribution in [3.63, 3.8) is 0 Å². The van der Waals surface area contributed by atoms with Crippen LogP contribution in [0.4, 0.5) is 25.8 Å². The molecule has 2 amide bonds. The number of nitrogens with one attached hydrogen (secondary N) is 1. The smallest absolute Gasteiger partial charge is 0.229 e. The molecule has 2 aromatic rings. The lowest BCUT2D eigenvalue weighted by atomic mass is 10.1. The second-order valence-corrected chi connectivity index (χ2v) is 7.23. The number of carbonyl (C=O) groups excluding carboxylic acids is 2. The summed E-state index contributed by atoms with van der Waals surface area (Å²) in [6.07, 6.45) is 2.42. The summed E-state index contributed by atoms with van der Waals surface area (Å²) >= 11 is 0. The van der Waals surface area contributed by atoms with Gasteiger partial charge in [0.15, 0.2) is 0 Å². The Labute approximate surface area is 161 Å². The quantitative estimate of drug-likeness (QED) is 0.876. The molecule has 0 bridgehead atoms. The van der Waals surface area contributed by atoms with Gasteiger partial charge in [-0.25, -0.2) is 8.78 Å². The average Bonchev–Trinajstić information content (AvgIpc) is 3.35. The van der Waals surface area contributed by atoms with Crippen LogP contribution in [0.5, 0.6) is 0 Å². The molecule has 0 spiro atoms. The lowest BCUT2D eigenvalue weighted by Gasteiger charge is -2.20. The average molecular weight is 385 g/mol. The van der Waals surface area contributed by atoms with Gasteiger partial charge in [0.1, 0.15) is 11.6 Å². The number of halogens is 2. The van der Waals surface area contributed by atoms with Gasteiger partial charge in [-0.2, -0.15) is 0 Å². The highest BCUT2D eigenvalue weighted by Crippen LogP contribution is 2.29. The maximum Gasteiger partial charge on any atom is 0.229 e. The molecule has 146 valence electrons. The molecule has 1 N–H and O–H groups in total. The molecule has 2 fully saturated rings. The van der Waals surface area contributed by atoms with Gasteiger partial charge < -0.3 is 15.1 Å². The van der Waals surface area contributed by atoms with Crippen molar-refractivity contribution in [2.45, 2.75) is 19.3 Å². The van der Waals surface area contributed by atoms with Gasteiger partial charge in [-0.1, -0.05) is 0 Å². The maximum absolute atomic E-state index is 13.7. The largest absolute Gasteiger partial charge is 0.372 e. The van der Waals surface area contributed by atoms with E-state index in [0.717, 1.165) is 42.7 Å². The highest BCUT2D eigenvalue weighted by atomic mass is 19.1. The van der Waals surface area contributed by atoms with Crippen LogP contribution in [0, 0.1) is 17.6 Å². The van der Waals surface area contributed by atoms with E-state index in [9.17, 15) is 18.4 Å². The molecule has 2 aromatic carbocycles. The number of carbonyl (C=O) groups is 2. The van der Waals surface area contributed by atoms with Crippen molar-refractivity contribution >= 4 is 28.9 Å². The third kappa shape index (κ3) is 3.69. The van der Waals surface area contributed by atoms with E-state index in [0.29, 0.717) is 0 Å². The van der Waals surface area contributed by atoms with Gasteiger partial charge >= 0.3 is 0 Å².